The zero-order valence-electron chi connectivity index (χ0n) is 8.87. The first-order valence-electron chi connectivity index (χ1n) is 5.40. The molecule has 0 saturated carbocycles. The highest BCUT2D eigenvalue weighted by molar-refractivity contribution is 4.67. The maximum Gasteiger partial charge on any atom is 0.0645 e. The van der Waals surface area contributed by atoms with Crippen LogP contribution in [0.3, 0.4) is 0 Å². The van der Waals surface area contributed by atoms with E-state index in [1.54, 1.807) is 0 Å². The Labute approximate surface area is 85.6 Å². The van der Waals surface area contributed by atoms with Gasteiger partial charge in [-0.25, -0.2) is 0 Å². The molecule has 1 aliphatic heterocycles. The van der Waals surface area contributed by atoms with Gasteiger partial charge in [0.15, 0.2) is 0 Å². The van der Waals surface area contributed by atoms with Gasteiger partial charge in [-0.3, -0.25) is 0 Å². The second-order valence-electron chi connectivity index (χ2n) is 3.58. The van der Waals surface area contributed by atoms with Crippen LogP contribution in [0.2, 0.25) is 0 Å². The topological polar surface area (TPSA) is 50.7 Å². The van der Waals surface area contributed by atoms with Crippen LogP contribution in [0, 0.1) is 0 Å². The number of hydrogen-bond acceptors (Lipinski definition) is 4. The van der Waals surface area contributed by atoms with Crippen LogP contribution in [0.5, 0.6) is 0 Å². The summed E-state index contributed by atoms with van der Waals surface area (Å²) in [5, 5.41) is 12.2. The Morgan fingerprint density at radius 3 is 2.79 bits per heavy atom. The average Bonchev–Trinajstić information content (AvgIpc) is 2.25. The maximum absolute atomic E-state index is 9.02. The molecule has 1 heterocycles. The van der Waals surface area contributed by atoms with Gasteiger partial charge in [-0.15, -0.1) is 0 Å². The molecule has 0 amide bonds. The molecule has 0 aliphatic carbocycles. The molecule has 1 atom stereocenters. The fraction of sp³-hybridized carbons (Fsp3) is 1.00. The zero-order valence-corrected chi connectivity index (χ0v) is 8.87. The van der Waals surface area contributed by atoms with E-state index in [0.29, 0.717) is 12.7 Å². The van der Waals surface area contributed by atoms with E-state index in [4.69, 9.17) is 14.6 Å². The molecule has 1 fully saturated rings. The minimum Gasteiger partial charge on any atom is -0.395 e. The summed E-state index contributed by atoms with van der Waals surface area (Å²) in [6.45, 7) is 5.22. The molecule has 4 heteroatoms. The first kappa shape index (κ1) is 11.9. The van der Waals surface area contributed by atoms with Gasteiger partial charge < -0.3 is 19.9 Å². The predicted octanol–water partition coefficient (Wildman–Crippen LogP) is 0.152. The summed E-state index contributed by atoms with van der Waals surface area (Å²) in [6.07, 6.45) is 2.27. The fourth-order valence-electron chi connectivity index (χ4n) is 1.56. The van der Waals surface area contributed by atoms with E-state index in [-0.39, 0.29) is 12.6 Å². The van der Waals surface area contributed by atoms with Gasteiger partial charge in [0, 0.05) is 13.2 Å². The quantitative estimate of drug-likeness (QED) is 0.645. The third-order valence-corrected chi connectivity index (χ3v) is 2.41. The smallest absolute Gasteiger partial charge is 0.0645 e. The molecule has 1 rings (SSSR count). The fourth-order valence-corrected chi connectivity index (χ4v) is 1.56. The summed E-state index contributed by atoms with van der Waals surface area (Å²) >= 11 is 0. The van der Waals surface area contributed by atoms with E-state index in [1.165, 1.54) is 0 Å². The van der Waals surface area contributed by atoms with Crippen molar-refractivity contribution in [2.24, 2.45) is 0 Å². The average molecular weight is 203 g/mol. The molecule has 0 spiro atoms. The largest absolute Gasteiger partial charge is 0.395 e. The Morgan fingerprint density at radius 1 is 1.50 bits per heavy atom. The highest BCUT2D eigenvalue weighted by Gasteiger charge is 2.15. The number of nitrogens with one attached hydrogen (secondary N) is 1. The lowest BCUT2D eigenvalue weighted by Crippen LogP contribution is -2.38. The van der Waals surface area contributed by atoms with Crippen LogP contribution in [0.25, 0.3) is 0 Å². The zero-order chi connectivity index (χ0) is 10.2. The van der Waals surface area contributed by atoms with Crippen LogP contribution in [0.15, 0.2) is 0 Å². The number of aliphatic hydroxyl groups is 1. The normalized spacial score (nSPS) is 21.0. The van der Waals surface area contributed by atoms with E-state index < -0.39 is 0 Å². The van der Waals surface area contributed by atoms with Crippen molar-refractivity contribution >= 4 is 0 Å². The van der Waals surface area contributed by atoms with Gasteiger partial charge in [0.05, 0.1) is 25.4 Å². The van der Waals surface area contributed by atoms with Crippen LogP contribution in [-0.2, 0) is 9.47 Å². The Kier molecular flexibility index (Phi) is 6.10. The Morgan fingerprint density at radius 2 is 2.21 bits per heavy atom. The van der Waals surface area contributed by atoms with Crippen molar-refractivity contribution in [2.75, 3.05) is 33.0 Å². The van der Waals surface area contributed by atoms with Crippen LogP contribution >= 0.6 is 0 Å². The third kappa shape index (κ3) is 4.37. The molecule has 1 saturated heterocycles. The summed E-state index contributed by atoms with van der Waals surface area (Å²) in [7, 11) is 0. The predicted molar refractivity (Wildman–Crippen MR) is 54.3 cm³/mol. The lowest BCUT2D eigenvalue weighted by Gasteiger charge is -2.24. The van der Waals surface area contributed by atoms with Crippen molar-refractivity contribution in [2.45, 2.75) is 31.9 Å². The minimum absolute atomic E-state index is 0.0721. The summed E-state index contributed by atoms with van der Waals surface area (Å²) in [5.74, 6) is 0. The van der Waals surface area contributed by atoms with E-state index in [9.17, 15) is 0 Å². The summed E-state index contributed by atoms with van der Waals surface area (Å²) in [4.78, 5) is 0. The second-order valence-corrected chi connectivity index (χ2v) is 3.58. The molecule has 0 aromatic rings. The van der Waals surface area contributed by atoms with Crippen LogP contribution in [0.4, 0.5) is 0 Å². The monoisotopic (exact) mass is 203 g/mol. The van der Waals surface area contributed by atoms with Crippen LogP contribution < -0.4 is 5.32 Å². The number of ether oxygens (including phenoxy) is 2. The Balaban J connectivity index is 2.10. The van der Waals surface area contributed by atoms with Gasteiger partial charge in [0.2, 0.25) is 0 Å². The van der Waals surface area contributed by atoms with E-state index in [1.807, 2.05) is 6.92 Å². The molecule has 84 valence electrons. The molecular weight excluding hydrogens is 182 g/mol. The molecule has 0 aromatic carbocycles. The number of aliphatic hydroxyl groups excluding tert-OH is 1. The highest BCUT2D eigenvalue weighted by atomic mass is 16.5. The van der Waals surface area contributed by atoms with Gasteiger partial charge in [-0.05, 0) is 19.4 Å². The third-order valence-electron chi connectivity index (χ3n) is 2.41. The second kappa shape index (κ2) is 7.17. The molecule has 4 nitrogen and oxygen atoms in total. The standard InChI is InChI=1S/C10H21NO3/c1-2-11-9(7-12)8-14-10-3-5-13-6-4-10/h9-12H,2-8H2,1H3. The summed E-state index contributed by atoms with van der Waals surface area (Å²) in [5.41, 5.74) is 0. The van der Waals surface area contributed by atoms with Gasteiger partial charge in [-0.1, -0.05) is 6.92 Å². The van der Waals surface area contributed by atoms with E-state index in [2.05, 4.69) is 5.32 Å². The number of hydrogen-bond donors (Lipinski definition) is 2. The highest BCUT2D eigenvalue weighted by Crippen LogP contribution is 2.10. The van der Waals surface area contributed by atoms with E-state index in [0.717, 1.165) is 32.6 Å². The van der Waals surface area contributed by atoms with Crippen LogP contribution in [-0.4, -0.2) is 50.2 Å². The minimum atomic E-state index is 0.0721. The molecular formula is C10H21NO3. The lowest BCUT2D eigenvalue weighted by molar-refractivity contribution is -0.0416. The molecule has 0 radical (unpaired) electrons. The molecule has 14 heavy (non-hydrogen) atoms. The van der Waals surface area contributed by atoms with Crippen molar-refractivity contribution in [3.05, 3.63) is 0 Å². The molecule has 1 aliphatic rings. The van der Waals surface area contributed by atoms with Crippen LogP contribution in [0.1, 0.15) is 19.8 Å². The first-order chi connectivity index (χ1) is 6.86. The van der Waals surface area contributed by atoms with Crippen molar-refractivity contribution in [1.82, 2.24) is 5.32 Å². The van der Waals surface area contributed by atoms with Gasteiger partial charge in [0.25, 0.3) is 0 Å². The lowest BCUT2D eigenvalue weighted by atomic mass is 10.1. The SMILES string of the molecule is CCNC(CO)COC1CCOCC1. The summed E-state index contributed by atoms with van der Waals surface area (Å²) in [6, 6.07) is 0.0721. The summed E-state index contributed by atoms with van der Waals surface area (Å²) < 4.78 is 10.9. The molecule has 0 aromatic heterocycles. The molecule has 1 unspecified atom stereocenters. The number of likely N-dealkylation sites (N-methyl/N-ethyl adjacent to an activating group) is 1. The van der Waals surface area contributed by atoms with Gasteiger partial charge in [0.1, 0.15) is 0 Å². The maximum atomic E-state index is 9.02. The van der Waals surface area contributed by atoms with Crippen molar-refractivity contribution < 1.29 is 14.6 Å². The Hall–Kier alpha value is -0.160. The molecule has 0 bridgehead atoms. The Bertz CT molecular complexity index is 133. The van der Waals surface area contributed by atoms with Crippen molar-refractivity contribution in [3.8, 4) is 0 Å². The van der Waals surface area contributed by atoms with Gasteiger partial charge in [-0.2, -0.15) is 0 Å². The molecule has 2 N–H and O–H groups in total. The number of rotatable bonds is 6. The van der Waals surface area contributed by atoms with Crippen molar-refractivity contribution in [1.29, 1.82) is 0 Å². The van der Waals surface area contributed by atoms with Gasteiger partial charge >= 0.3 is 0 Å². The first-order valence-corrected chi connectivity index (χ1v) is 5.40. The van der Waals surface area contributed by atoms with Crippen molar-refractivity contribution in [3.63, 3.8) is 0 Å². The van der Waals surface area contributed by atoms with E-state index >= 15 is 0 Å².